The Hall–Kier alpha value is -2.04. The summed E-state index contributed by atoms with van der Waals surface area (Å²) in [4.78, 5) is 25.3. The van der Waals surface area contributed by atoms with Crippen molar-refractivity contribution in [3.05, 3.63) is 35.9 Å². The van der Waals surface area contributed by atoms with Crippen molar-refractivity contribution in [2.24, 2.45) is 11.8 Å². The molecule has 1 atom stereocenters. The Morgan fingerprint density at radius 1 is 1.23 bits per heavy atom. The van der Waals surface area contributed by atoms with E-state index in [0.717, 1.165) is 18.4 Å². The number of amides is 1. The topological polar surface area (TPSA) is 55.8 Å². The van der Waals surface area contributed by atoms with Crippen LogP contribution in [0.25, 0.3) is 0 Å². The van der Waals surface area contributed by atoms with E-state index in [1.807, 2.05) is 37.3 Å². The molecular formula is C17H23NO4. The molecule has 0 spiro atoms. The van der Waals surface area contributed by atoms with Gasteiger partial charge in [0, 0.05) is 13.1 Å². The zero-order valence-corrected chi connectivity index (χ0v) is 13.2. The van der Waals surface area contributed by atoms with Gasteiger partial charge in [0.1, 0.15) is 6.61 Å². The van der Waals surface area contributed by atoms with Crippen molar-refractivity contribution >= 4 is 12.1 Å². The molecule has 5 heteroatoms. The standard InChI is InChI=1S/C17H23NO4/c1-13(16(19)21-2)15-8-10-18(11-9-15)17(20)22-12-14-6-4-3-5-7-14/h3-7,13,15H,8-12H2,1-2H3. The van der Waals surface area contributed by atoms with E-state index in [1.54, 1.807) is 4.90 Å². The van der Waals surface area contributed by atoms with Gasteiger partial charge in [-0.25, -0.2) is 4.79 Å². The number of methoxy groups -OCH3 is 1. The van der Waals surface area contributed by atoms with Crippen LogP contribution in [-0.4, -0.2) is 37.2 Å². The van der Waals surface area contributed by atoms with Crippen LogP contribution >= 0.6 is 0 Å². The first-order valence-electron chi connectivity index (χ1n) is 7.65. The van der Waals surface area contributed by atoms with E-state index in [-0.39, 0.29) is 30.5 Å². The molecule has 1 aromatic carbocycles. The summed E-state index contributed by atoms with van der Waals surface area (Å²) >= 11 is 0. The van der Waals surface area contributed by atoms with Crippen LogP contribution in [0.3, 0.4) is 0 Å². The molecule has 0 radical (unpaired) electrons. The number of ether oxygens (including phenoxy) is 2. The molecule has 1 aliphatic rings. The predicted octanol–water partition coefficient (Wildman–Crippen LogP) is 2.84. The first kappa shape index (κ1) is 16.3. The average molecular weight is 305 g/mol. The first-order valence-corrected chi connectivity index (χ1v) is 7.65. The Balaban J connectivity index is 1.76. The van der Waals surface area contributed by atoms with Gasteiger partial charge in [-0.3, -0.25) is 4.79 Å². The van der Waals surface area contributed by atoms with Gasteiger partial charge < -0.3 is 14.4 Å². The average Bonchev–Trinajstić information content (AvgIpc) is 2.59. The fraction of sp³-hybridized carbons (Fsp3) is 0.529. The number of piperidine rings is 1. The Morgan fingerprint density at radius 3 is 2.45 bits per heavy atom. The number of likely N-dealkylation sites (tertiary alicyclic amines) is 1. The zero-order valence-electron chi connectivity index (χ0n) is 13.2. The Labute approximate surface area is 131 Å². The minimum atomic E-state index is -0.284. The van der Waals surface area contributed by atoms with Crippen molar-refractivity contribution in [2.45, 2.75) is 26.4 Å². The SMILES string of the molecule is COC(=O)C(C)C1CCN(C(=O)OCc2ccccc2)CC1. The van der Waals surface area contributed by atoms with Gasteiger partial charge >= 0.3 is 12.1 Å². The van der Waals surface area contributed by atoms with E-state index < -0.39 is 0 Å². The molecule has 0 N–H and O–H groups in total. The summed E-state index contributed by atoms with van der Waals surface area (Å²) in [6.45, 7) is 3.43. The van der Waals surface area contributed by atoms with Gasteiger partial charge in [0.15, 0.2) is 0 Å². The van der Waals surface area contributed by atoms with Gasteiger partial charge in [-0.2, -0.15) is 0 Å². The molecule has 0 saturated carbocycles. The Kier molecular flexibility index (Phi) is 5.81. The molecule has 1 amide bonds. The molecule has 1 heterocycles. The summed E-state index contributed by atoms with van der Waals surface area (Å²) in [5.74, 6) is -0.0248. The van der Waals surface area contributed by atoms with Crippen LogP contribution < -0.4 is 0 Å². The van der Waals surface area contributed by atoms with E-state index >= 15 is 0 Å². The highest BCUT2D eigenvalue weighted by Crippen LogP contribution is 2.26. The molecule has 5 nitrogen and oxygen atoms in total. The van der Waals surface area contributed by atoms with E-state index in [4.69, 9.17) is 9.47 Å². The van der Waals surface area contributed by atoms with Gasteiger partial charge in [-0.1, -0.05) is 37.3 Å². The number of nitrogens with zero attached hydrogens (tertiary/aromatic N) is 1. The molecule has 1 unspecified atom stereocenters. The molecule has 22 heavy (non-hydrogen) atoms. The second-order valence-corrected chi connectivity index (χ2v) is 5.68. The number of carbonyl (C=O) groups is 2. The lowest BCUT2D eigenvalue weighted by Gasteiger charge is -2.33. The van der Waals surface area contributed by atoms with Crippen molar-refractivity contribution < 1.29 is 19.1 Å². The quantitative estimate of drug-likeness (QED) is 0.803. The molecule has 120 valence electrons. The molecular weight excluding hydrogens is 282 g/mol. The van der Waals surface area contributed by atoms with E-state index in [9.17, 15) is 9.59 Å². The van der Waals surface area contributed by atoms with Crippen LogP contribution in [-0.2, 0) is 20.9 Å². The minimum Gasteiger partial charge on any atom is -0.469 e. The number of carbonyl (C=O) groups excluding carboxylic acids is 2. The van der Waals surface area contributed by atoms with E-state index in [2.05, 4.69) is 0 Å². The van der Waals surface area contributed by atoms with Crippen molar-refractivity contribution in [3.8, 4) is 0 Å². The third-order valence-corrected chi connectivity index (χ3v) is 4.28. The molecule has 0 aromatic heterocycles. The fourth-order valence-electron chi connectivity index (χ4n) is 2.77. The fourth-order valence-corrected chi connectivity index (χ4v) is 2.77. The minimum absolute atomic E-state index is 0.118. The van der Waals surface area contributed by atoms with E-state index in [0.29, 0.717) is 13.1 Å². The molecule has 0 bridgehead atoms. The second-order valence-electron chi connectivity index (χ2n) is 5.68. The van der Waals surface area contributed by atoms with Gasteiger partial charge in [0.2, 0.25) is 0 Å². The highest BCUT2D eigenvalue weighted by atomic mass is 16.6. The summed E-state index contributed by atoms with van der Waals surface area (Å²) in [5, 5.41) is 0. The third kappa shape index (κ3) is 4.23. The molecule has 0 aliphatic carbocycles. The molecule has 1 saturated heterocycles. The van der Waals surface area contributed by atoms with Crippen LogP contribution in [0.4, 0.5) is 4.79 Å². The second kappa shape index (κ2) is 7.82. The smallest absolute Gasteiger partial charge is 0.410 e. The zero-order chi connectivity index (χ0) is 15.9. The maximum absolute atomic E-state index is 12.1. The number of esters is 1. The van der Waals surface area contributed by atoms with Crippen LogP contribution in [0, 0.1) is 11.8 Å². The molecule has 1 aromatic rings. The first-order chi connectivity index (χ1) is 10.6. The lowest BCUT2D eigenvalue weighted by molar-refractivity contribution is -0.147. The summed E-state index contributed by atoms with van der Waals surface area (Å²) in [6.07, 6.45) is 1.32. The number of rotatable bonds is 4. The lowest BCUT2D eigenvalue weighted by atomic mass is 9.85. The largest absolute Gasteiger partial charge is 0.469 e. The van der Waals surface area contributed by atoms with Gasteiger partial charge in [0.25, 0.3) is 0 Å². The van der Waals surface area contributed by atoms with Gasteiger partial charge in [-0.15, -0.1) is 0 Å². The van der Waals surface area contributed by atoms with Gasteiger partial charge in [0.05, 0.1) is 13.0 Å². The van der Waals surface area contributed by atoms with Crippen LogP contribution in [0.5, 0.6) is 0 Å². The van der Waals surface area contributed by atoms with E-state index in [1.165, 1.54) is 7.11 Å². The summed E-state index contributed by atoms with van der Waals surface area (Å²) in [6, 6.07) is 9.62. The summed E-state index contributed by atoms with van der Waals surface area (Å²) in [7, 11) is 1.41. The van der Waals surface area contributed by atoms with Crippen LogP contribution in [0.2, 0.25) is 0 Å². The number of hydrogen-bond acceptors (Lipinski definition) is 4. The maximum Gasteiger partial charge on any atom is 0.410 e. The normalized spacial score (nSPS) is 16.9. The summed E-state index contributed by atoms with van der Waals surface area (Å²) < 4.78 is 10.1. The number of benzene rings is 1. The van der Waals surface area contributed by atoms with Crippen molar-refractivity contribution in [1.82, 2.24) is 4.90 Å². The third-order valence-electron chi connectivity index (χ3n) is 4.28. The van der Waals surface area contributed by atoms with Crippen molar-refractivity contribution in [3.63, 3.8) is 0 Å². The monoisotopic (exact) mass is 305 g/mol. The van der Waals surface area contributed by atoms with Crippen molar-refractivity contribution in [1.29, 1.82) is 0 Å². The molecule has 2 rings (SSSR count). The highest BCUT2D eigenvalue weighted by molar-refractivity contribution is 5.72. The Bertz CT molecular complexity index is 495. The van der Waals surface area contributed by atoms with Crippen LogP contribution in [0.15, 0.2) is 30.3 Å². The summed E-state index contributed by atoms with van der Waals surface area (Å²) in [5.41, 5.74) is 0.977. The lowest BCUT2D eigenvalue weighted by Crippen LogP contribution is -2.41. The molecule has 1 fully saturated rings. The highest BCUT2D eigenvalue weighted by Gasteiger charge is 2.30. The maximum atomic E-state index is 12.1. The number of hydrogen-bond donors (Lipinski definition) is 0. The Morgan fingerprint density at radius 2 is 1.86 bits per heavy atom. The molecule has 1 aliphatic heterocycles. The predicted molar refractivity (Wildman–Crippen MR) is 82.1 cm³/mol. The van der Waals surface area contributed by atoms with Crippen LogP contribution in [0.1, 0.15) is 25.3 Å². The van der Waals surface area contributed by atoms with Gasteiger partial charge in [-0.05, 0) is 24.3 Å². The van der Waals surface area contributed by atoms with Crippen molar-refractivity contribution in [2.75, 3.05) is 20.2 Å².